The van der Waals surface area contributed by atoms with Gasteiger partial charge in [-0.15, -0.1) is 0 Å². The van der Waals surface area contributed by atoms with Crippen LogP contribution in [-0.2, 0) is 6.54 Å². The summed E-state index contributed by atoms with van der Waals surface area (Å²) in [6, 6.07) is 6.35. The Labute approximate surface area is 116 Å². The molecule has 96 valence electrons. The minimum Gasteiger partial charge on any atom is -0.329 e. The van der Waals surface area contributed by atoms with Crippen LogP contribution in [-0.4, -0.2) is 16.3 Å². The normalized spacial score (nSPS) is 10.9. The molecule has 0 saturated heterocycles. The van der Waals surface area contributed by atoms with E-state index in [9.17, 15) is 0 Å². The molecule has 4 heteroatoms. The maximum Gasteiger partial charge on any atom is 0.0675 e. The molecule has 0 atom stereocenters. The third-order valence-corrected chi connectivity index (χ3v) is 3.67. The van der Waals surface area contributed by atoms with Gasteiger partial charge >= 0.3 is 0 Å². The second-order valence-corrected chi connectivity index (χ2v) is 5.43. The highest BCUT2D eigenvalue weighted by atomic mass is 79.9. The van der Waals surface area contributed by atoms with Crippen molar-refractivity contribution in [2.24, 2.45) is 5.73 Å². The highest BCUT2D eigenvalue weighted by molar-refractivity contribution is 9.10. The molecule has 2 aromatic rings. The summed E-state index contributed by atoms with van der Waals surface area (Å²) < 4.78 is 3.10. The standard InChI is InChI=1S/C14H18BrN3/c1-9-8-12(15)4-5-13(9)14-10(2)17-18(7-6-16)11(14)3/h4-5,8H,6-7,16H2,1-3H3. The number of aryl methyl sites for hydroxylation is 2. The SMILES string of the molecule is Cc1cc(Br)ccc1-c1c(C)nn(CCN)c1C. The van der Waals surface area contributed by atoms with E-state index >= 15 is 0 Å². The van der Waals surface area contributed by atoms with Gasteiger partial charge in [0.1, 0.15) is 0 Å². The highest BCUT2D eigenvalue weighted by Crippen LogP contribution is 2.31. The fourth-order valence-electron chi connectivity index (χ4n) is 2.33. The molecule has 2 rings (SSSR count). The molecule has 3 nitrogen and oxygen atoms in total. The predicted octanol–water partition coefficient (Wildman–Crippen LogP) is 3.20. The van der Waals surface area contributed by atoms with Crippen LogP contribution in [0.4, 0.5) is 0 Å². The van der Waals surface area contributed by atoms with E-state index in [1.54, 1.807) is 0 Å². The Morgan fingerprint density at radius 2 is 2.00 bits per heavy atom. The van der Waals surface area contributed by atoms with Gasteiger partial charge in [-0.3, -0.25) is 4.68 Å². The van der Waals surface area contributed by atoms with Crippen molar-refractivity contribution in [3.63, 3.8) is 0 Å². The number of halogens is 1. The zero-order chi connectivity index (χ0) is 13.3. The smallest absolute Gasteiger partial charge is 0.0675 e. The van der Waals surface area contributed by atoms with Crippen molar-refractivity contribution in [2.75, 3.05) is 6.54 Å². The zero-order valence-electron chi connectivity index (χ0n) is 11.0. The number of rotatable bonds is 3. The largest absolute Gasteiger partial charge is 0.329 e. The number of hydrogen-bond donors (Lipinski definition) is 1. The molecule has 0 amide bonds. The topological polar surface area (TPSA) is 43.8 Å². The summed E-state index contributed by atoms with van der Waals surface area (Å²) in [4.78, 5) is 0. The van der Waals surface area contributed by atoms with Gasteiger partial charge in [-0.25, -0.2) is 0 Å². The Morgan fingerprint density at radius 1 is 1.28 bits per heavy atom. The molecule has 0 aliphatic carbocycles. The lowest BCUT2D eigenvalue weighted by molar-refractivity contribution is 0.604. The second-order valence-electron chi connectivity index (χ2n) is 4.52. The first-order valence-corrected chi connectivity index (χ1v) is 6.84. The molecule has 1 aromatic heterocycles. The third-order valence-electron chi connectivity index (χ3n) is 3.18. The van der Waals surface area contributed by atoms with E-state index in [-0.39, 0.29) is 0 Å². The summed E-state index contributed by atoms with van der Waals surface area (Å²) in [7, 11) is 0. The van der Waals surface area contributed by atoms with E-state index in [0.717, 1.165) is 16.7 Å². The number of benzene rings is 1. The molecule has 18 heavy (non-hydrogen) atoms. The van der Waals surface area contributed by atoms with Crippen molar-refractivity contribution in [3.8, 4) is 11.1 Å². The summed E-state index contributed by atoms with van der Waals surface area (Å²) in [5, 5.41) is 4.56. The first-order chi connectivity index (χ1) is 8.54. The van der Waals surface area contributed by atoms with Crippen molar-refractivity contribution in [3.05, 3.63) is 39.6 Å². The minimum atomic E-state index is 0.612. The average molecular weight is 308 g/mol. The zero-order valence-corrected chi connectivity index (χ0v) is 12.6. The monoisotopic (exact) mass is 307 g/mol. The lowest BCUT2D eigenvalue weighted by Crippen LogP contribution is -2.12. The Morgan fingerprint density at radius 3 is 2.61 bits per heavy atom. The van der Waals surface area contributed by atoms with Gasteiger partial charge in [-0.05, 0) is 44.0 Å². The second kappa shape index (κ2) is 5.24. The van der Waals surface area contributed by atoms with Gasteiger partial charge in [-0.1, -0.05) is 22.0 Å². The van der Waals surface area contributed by atoms with Crippen LogP contribution in [0.1, 0.15) is 17.0 Å². The van der Waals surface area contributed by atoms with E-state index in [0.29, 0.717) is 6.54 Å². The van der Waals surface area contributed by atoms with Crippen LogP contribution in [0.3, 0.4) is 0 Å². The molecule has 0 spiro atoms. The predicted molar refractivity (Wildman–Crippen MR) is 78.6 cm³/mol. The van der Waals surface area contributed by atoms with Crippen LogP contribution in [0.5, 0.6) is 0 Å². The van der Waals surface area contributed by atoms with Crippen molar-refractivity contribution in [1.82, 2.24) is 9.78 Å². The van der Waals surface area contributed by atoms with E-state index < -0.39 is 0 Å². The Balaban J connectivity index is 2.56. The summed E-state index contributed by atoms with van der Waals surface area (Å²) in [5.74, 6) is 0. The summed E-state index contributed by atoms with van der Waals surface area (Å²) in [6.45, 7) is 7.66. The minimum absolute atomic E-state index is 0.612. The maximum atomic E-state index is 5.61. The molecular weight excluding hydrogens is 290 g/mol. The van der Waals surface area contributed by atoms with E-state index in [2.05, 4.69) is 60.0 Å². The fourth-order valence-corrected chi connectivity index (χ4v) is 2.81. The molecular formula is C14H18BrN3. The number of hydrogen-bond acceptors (Lipinski definition) is 2. The molecule has 0 radical (unpaired) electrons. The van der Waals surface area contributed by atoms with Gasteiger partial charge in [0.2, 0.25) is 0 Å². The lowest BCUT2D eigenvalue weighted by atomic mass is 9.99. The van der Waals surface area contributed by atoms with E-state index in [1.807, 2.05) is 4.68 Å². The number of nitrogens with two attached hydrogens (primary N) is 1. The van der Waals surface area contributed by atoms with Crippen LogP contribution >= 0.6 is 15.9 Å². The van der Waals surface area contributed by atoms with Gasteiger partial charge in [0.05, 0.1) is 12.2 Å². The molecule has 0 fully saturated rings. The Hall–Kier alpha value is -1.13. The Bertz CT molecular complexity index is 573. The van der Waals surface area contributed by atoms with Crippen molar-refractivity contribution >= 4 is 15.9 Å². The van der Waals surface area contributed by atoms with Crippen molar-refractivity contribution < 1.29 is 0 Å². The molecule has 0 bridgehead atoms. The molecule has 0 aliphatic heterocycles. The average Bonchev–Trinajstić information content (AvgIpc) is 2.56. The first kappa shape index (κ1) is 13.3. The van der Waals surface area contributed by atoms with Crippen molar-refractivity contribution in [2.45, 2.75) is 27.3 Å². The first-order valence-electron chi connectivity index (χ1n) is 6.05. The van der Waals surface area contributed by atoms with E-state index in [4.69, 9.17) is 5.73 Å². The van der Waals surface area contributed by atoms with E-state index in [1.165, 1.54) is 22.4 Å². The fraction of sp³-hybridized carbons (Fsp3) is 0.357. The number of nitrogens with zero attached hydrogens (tertiary/aromatic N) is 2. The quantitative estimate of drug-likeness (QED) is 0.946. The van der Waals surface area contributed by atoms with Crippen LogP contribution < -0.4 is 5.73 Å². The van der Waals surface area contributed by atoms with Gasteiger partial charge < -0.3 is 5.73 Å². The summed E-state index contributed by atoms with van der Waals surface area (Å²) in [6.07, 6.45) is 0. The molecule has 0 aliphatic rings. The van der Waals surface area contributed by atoms with Crippen molar-refractivity contribution in [1.29, 1.82) is 0 Å². The van der Waals surface area contributed by atoms with Gasteiger partial charge in [0.15, 0.2) is 0 Å². The molecule has 1 aromatic carbocycles. The van der Waals surface area contributed by atoms with Crippen LogP contribution in [0, 0.1) is 20.8 Å². The summed E-state index contributed by atoms with van der Waals surface area (Å²) >= 11 is 3.50. The lowest BCUT2D eigenvalue weighted by Gasteiger charge is -2.08. The van der Waals surface area contributed by atoms with Crippen LogP contribution in [0.25, 0.3) is 11.1 Å². The molecule has 1 heterocycles. The maximum absolute atomic E-state index is 5.61. The highest BCUT2D eigenvalue weighted by Gasteiger charge is 2.14. The van der Waals surface area contributed by atoms with Gasteiger partial charge in [-0.2, -0.15) is 5.10 Å². The van der Waals surface area contributed by atoms with Crippen LogP contribution in [0.2, 0.25) is 0 Å². The van der Waals surface area contributed by atoms with Crippen LogP contribution in [0.15, 0.2) is 22.7 Å². The molecule has 0 unspecified atom stereocenters. The van der Waals surface area contributed by atoms with Gasteiger partial charge in [0.25, 0.3) is 0 Å². The van der Waals surface area contributed by atoms with Gasteiger partial charge in [0, 0.05) is 22.3 Å². The third kappa shape index (κ3) is 2.35. The molecule has 2 N–H and O–H groups in total. The Kier molecular flexibility index (Phi) is 3.88. The molecule has 0 saturated carbocycles. The summed E-state index contributed by atoms with van der Waals surface area (Å²) in [5.41, 5.74) is 11.6. The number of aromatic nitrogens is 2.